The maximum atomic E-state index is 5.25. The highest BCUT2D eigenvalue weighted by atomic mass is 16.5. The van der Waals surface area contributed by atoms with E-state index in [-0.39, 0.29) is 0 Å². The molecule has 0 aliphatic carbocycles. The fraction of sp³-hybridized carbons (Fsp3) is 0.500. The third kappa shape index (κ3) is 2.99. The van der Waals surface area contributed by atoms with E-state index in [1.807, 2.05) is 6.07 Å². The van der Waals surface area contributed by atoms with E-state index in [2.05, 4.69) is 25.2 Å². The van der Waals surface area contributed by atoms with E-state index in [9.17, 15) is 0 Å². The van der Waals surface area contributed by atoms with Gasteiger partial charge in [-0.3, -0.25) is 0 Å². The van der Waals surface area contributed by atoms with Crippen molar-refractivity contribution in [3.8, 4) is 5.75 Å². The Morgan fingerprint density at radius 3 is 3.12 bits per heavy atom. The standard InChI is InChI=1S/C14H21NO/c1-15-8-4-6-13(11-15)9-12-5-3-7-14(10-12)16-2/h3,5,7,10,13,15H,1,4,6,8-9,11H2,2H3. The lowest BCUT2D eigenvalue weighted by atomic mass is 9.91. The maximum Gasteiger partial charge on any atom is 0.119 e. The average Bonchev–Trinajstić information content (AvgIpc) is 2.29. The van der Waals surface area contributed by atoms with Gasteiger partial charge < -0.3 is 9.64 Å². The molecule has 0 bridgehead atoms. The molecule has 1 heterocycles. The van der Waals surface area contributed by atoms with Crippen LogP contribution in [0.5, 0.6) is 5.75 Å². The van der Waals surface area contributed by atoms with Gasteiger partial charge in [0.1, 0.15) is 5.75 Å². The molecule has 1 aromatic carbocycles. The Kier molecular flexibility index (Phi) is 3.83. The van der Waals surface area contributed by atoms with Crippen molar-refractivity contribution in [2.75, 3.05) is 20.2 Å². The van der Waals surface area contributed by atoms with E-state index in [4.69, 9.17) is 4.74 Å². The van der Waals surface area contributed by atoms with Crippen molar-refractivity contribution < 1.29 is 9.64 Å². The van der Waals surface area contributed by atoms with E-state index in [1.54, 1.807) is 7.11 Å². The molecule has 0 saturated carbocycles. The number of benzene rings is 1. The van der Waals surface area contributed by atoms with Crippen LogP contribution in [0.4, 0.5) is 0 Å². The fourth-order valence-electron chi connectivity index (χ4n) is 2.56. The minimum Gasteiger partial charge on any atom is -0.497 e. The first-order valence-electron chi connectivity index (χ1n) is 6.07. The van der Waals surface area contributed by atoms with Gasteiger partial charge in [0.25, 0.3) is 0 Å². The minimum absolute atomic E-state index is 0.786. The van der Waals surface area contributed by atoms with Crippen LogP contribution in [-0.4, -0.2) is 20.2 Å². The molecule has 0 amide bonds. The Bertz CT molecular complexity index is 337. The number of hydrogen-bond donors (Lipinski definition) is 1. The van der Waals surface area contributed by atoms with Gasteiger partial charge in [0.15, 0.2) is 0 Å². The molecule has 0 spiro atoms. The van der Waals surface area contributed by atoms with Gasteiger partial charge in [-0.1, -0.05) is 12.1 Å². The predicted molar refractivity (Wildman–Crippen MR) is 65.5 cm³/mol. The molecular weight excluding hydrogens is 198 g/mol. The van der Waals surface area contributed by atoms with Crippen molar-refractivity contribution in [1.82, 2.24) is 0 Å². The van der Waals surface area contributed by atoms with Crippen molar-refractivity contribution in [3.63, 3.8) is 0 Å². The quantitative estimate of drug-likeness (QED) is 0.757. The van der Waals surface area contributed by atoms with Gasteiger partial charge in [0.2, 0.25) is 0 Å². The van der Waals surface area contributed by atoms with Gasteiger partial charge in [-0.25, -0.2) is 0 Å². The zero-order valence-corrected chi connectivity index (χ0v) is 10.0. The number of hydrogen-bond acceptors (Lipinski definition) is 1. The van der Waals surface area contributed by atoms with Crippen molar-refractivity contribution in [3.05, 3.63) is 36.9 Å². The van der Waals surface area contributed by atoms with Crippen molar-refractivity contribution in [2.24, 2.45) is 5.92 Å². The summed E-state index contributed by atoms with van der Waals surface area (Å²) in [6, 6.07) is 8.42. The highest BCUT2D eigenvalue weighted by Crippen LogP contribution is 2.18. The first kappa shape index (κ1) is 11.5. The number of ether oxygens (including phenoxy) is 1. The number of rotatable bonds is 3. The summed E-state index contributed by atoms with van der Waals surface area (Å²) in [6.45, 7) is 2.44. The zero-order valence-electron chi connectivity index (χ0n) is 10.0. The molecule has 1 N–H and O–H groups in total. The molecule has 1 fully saturated rings. The Hall–Kier alpha value is -1.02. The van der Waals surface area contributed by atoms with Gasteiger partial charge in [-0.05, 0) is 37.0 Å². The van der Waals surface area contributed by atoms with E-state index < -0.39 is 0 Å². The highest BCUT2D eigenvalue weighted by molar-refractivity contribution is 5.28. The lowest BCUT2D eigenvalue weighted by molar-refractivity contribution is -0.863. The van der Waals surface area contributed by atoms with Gasteiger partial charge in [0.05, 0.1) is 20.2 Å². The molecule has 16 heavy (non-hydrogen) atoms. The summed E-state index contributed by atoms with van der Waals surface area (Å²) in [6.07, 6.45) is 3.82. The van der Waals surface area contributed by atoms with Crippen LogP contribution in [0.15, 0.2) is 24.3 Å². The second-order valence-electron chi connectivity index (χ2n) is 4.77. The molecule has 1 aliphatic heterocycles. The largest absolute Gasteiger partial charge is 0.497 e. The van der Waals surface area contributed by atoms with Gasteiger partial charge in [-0.2, -0.15) is 7.05 Å². The molecule has 2 unspecified atom stereocenters. The Labute approximate surface area is 98.2 Å². The van der Waals surface area contributed by atoms with Crippen LogP contribution in [0.3, 0.4) is 0 Å². The Morgan fingerprint density at radius 1 is 1.50 bits per heavy atom. The number of nitrogens with one attached hydrogen (secondary N) is 1. The second kappa shape index (κ2) is 5.35. The second-order valence-corrected chi connectivity index (χ2v) is 4.77. The van der Waals surface area contributed by atoms with E-state index in [0.29, 0.717) is 0 Å². The molecule has 0 radical (unpaired) electrons. The molecule has 2 heteroatoms. The summed E-state index contributed by atoms with van der Waals surface area (Å²) in [5.41, 5.74) is 1.39. The topological polar surface area (TPSA) is 13.7 Å². The Balaban J connectivity index is 1.97. The number of quaternary nitrogens is 1. The normalized spacial score (nSPS) is 25.4. The molecule has 1 saturated heterocycles. The van der Waals surface area contributed by atoms with Crippen LogP contribution >= 0.6 is 0 Å². The Morgan fingerprint density at radius 2 is 2.38 bits per heavy atom. The monoisotopic (exact) mass is 219 g/mol. The van der Waals surface area contributed by atoms with Crippen LogP contribution in [0.25, 0.3) is 0 Å². The third-order valence-electron chi connectivity index (χ3n) is 3.38. The summed E-state index contributed by atoms with van der Waals surface area (Å²) in [5.74, 6) is 1.75. The maximum absolute atomic E-state index is 5.25. The smallest absolute Gasteiger partial charge is 0.119 e. The van der Waals surface area contributed by atoms with Crippen molar-refractivity contribution in [2.45, 2.75) is 19.3 Å². The van der Waals surface area contributed by atoms with Crippen molar-refractivity contribution >= 4 is 0 Å². The van der Waals surface area contributed by atoms with Crippen LogP contribution in [0, 0.1) is 13.0 Å². The third-order valence-corrected chi connectivity index (χ3v) is 3.38. The van der Waals surface area contributed by atoms with Crippen molar-refractivity contribution in [1.29, 1.82) is 0 Å². The van der Waals surface area contributed by atoms with Crippen LogP contribution in [0.1, 0.15) is 18.4 Å². The van der Waals surface area contributed by atoms with Crippen LogP contribution < -0.4 is 9.64 Å². The summed E-state index contributed by atoms with van der Waals surface area (Å²) in [5, 5.41) is 0. The van der Waals surface area contributed by atoms with Gasteiger partial charge in [-0.15, -0.1) is 0 Å². The predicted octanol–water partition coefficient (Wildman–Crippen LogP) is 1.32. The summed E-state index contributed by atoms with van der Waals surface area (Å²) < 4.78 is 5.25. The minimum atomic E-state index is 0.786. The first-order valence-corrected chi connectivity index (χ1v) is 6.07. The molecule has 2 nitrogen and oxygen atoms in total. The molecule has 0 aromatic heterocycles. The van der Waals surface area contributed by atoms with E-state index in [1.165, 1.54) is 36.4 Å². The summed E-state index contributed by atoms with van der Waals surface area (Å²) in [4.78, 5) is 1.43. The lowest BCUT2D eigenvalue weighted by Gasteiger charge is -2.31. The zero-order chi connectivity index (χ0) is 11.4. The first-order chi connectivity index (χ1) is 7.78. The highest BCUT2D eigenvalue weighted by Gasteiger charge is 2.17. The lowest BCUT2D eigenvalue weighted by Crippen LogP contribution is -3.08. The average molecular weight is 219 g/mol. The molecule has 88 valence electrons. The molecule has 2 atom stereocenters. The van der Waals surface area contributed by atoms with Gasteiger partial charge >= 0.3 is 0 Å². The molecule has 1 aliphatic rings. The molecule has 2 rings (SSSR count). The van der Waals surface area contributed by atoms with Gasteiger partial charge in [0, 0.05) is 5.92 Å². The fourth-order valence-corrected chi connectivity index (χ4v) is 2.56. The van der Waals surface area contributed by atoms with Crippen LogP contribution in [-0.2, 0) is 6.42 Å². The van der Waals surface area contributed by atoms with E-state index in [0.717, 1.165) is 18.1 Å². The van der Waals surface area contributed by atoms with Crippen LogP contribution in [0.2, 0.25) is 0 Å². The molecular formula is C14H21NO. The summed E-state index contributed by atoms with van der Waals surface area (Å²) >= 11 is 0. The number of piperidine rings is 1. The summed E-state index contributed by atoms with van der Waals surface area (Å²) in [7, 11) is 5.84. The SMILES string of the molecule is [CH2-][NH+]1CCCC(Cc2cccc(OC)c2)C1. The number of methoxy groups -OCH3 is 1. The number of likely N-dealkylation sites (tertiary alicyclic amines) is 1. The molecule has 1 aromatic rings. The van der Waals surface area contributed by atoms with E-state index >= 15 is 0 Å².